The lowest BCUT2D eigenvalue weighted by molar-refractivity contribution is -0.120. The molecule has 1 aromatic carbocycles. The van der Waals surface area contributed by atoms with E-state index < -0.39 is 0 Å². The molecule has 2 rings (SSSR count). The van der Waals surface area contributed by atoms with Gasteiger partial charge in [-0.05, 0) is 44.2 Å². The molecule has 0 bridgehead atoms. The second-order valence-corrected chi connectivity index (χ2v) is 6.80. The predicted octanol–water partition coefficient (Wildman–Crippen LogP) is 4.20. The zero-order valence-electron chi connectivity index (χ0n) is 13.4. The molecule has 1 aliphatic carbocycles. The van der Waals surface area contributed by atoms with Crippen molar-refractivity contribution in [1.82, 2.24) is 0 Å². The second kappa shape index (κ2) is 5.08. The molecule has 0 aromatic heterocycles. The highest BCUT2D eigenvalue weighted by Crippen LogP contribution is 2.60. The fourth-order valence-electron chi connectivity index (χ4n) is 2.92. The zero-order chi connectivity index (χ0) is 15.1. The summed E-state index contributed by atoms with van der Waals surface area (Å²) in [5.74, 6) is 0.693. The normalized spacial score (nSPS) is 23.1. The molecule has 1 amide bonds. The maximum absolute atomic E-state index is 12.7. The van der Waals surface area contributed by atoms with Crippen LogP contribution in [0, 0.1) is 24.2 Å². The van der Waals surface area contributed by atoms with Crippen LogP contribution >= 0.6 is 0 Å². The molecule has 0 heterocycles. The van der Waals surface area contributed by atoms with Gasteiger partial charge in [-0.3, -0.25) is 4.79 Å². The number of carbonyl (C=O) groups is 1. The van der Waals surface area contributed by atoms with Gasteiger partial charge in [-0.15, -0.1) is 0 Å². The molecular formula is C18H25NO. The first kappa shape index (κ1) is 14.8. The summed E-state index contributed by atoms with van der Waals surface area (Å²) in [6.45, 7) is 10.6. The first-order valence-electron chi connectivity index (χ1n) is 7.24. The summed E-state index contributed by atoms with van der Waals surface area (Å²) < 4.78 is 0. The summed E-state index contributed by atoms with van der Waals surface area (Å²) in [5, 5.41) is 0. The van der Waals surface area contributed by atoms with Crippen molar-refractivity contribution in [2.45, 2.75) is 34.6 Å². The zero-order valence-corrected chi connectivity index (χ0v) is 13.4. The summed E-state index contributed by atoms with van der Waals surface area (Å²) >= 11 is 0. The molecule has 0 N–H and O–H groups in total. The van der Waals surface area contributed by atoms with Gasteiger partial charge in [0.15, 0.2) is 0 Å². The van der Waals surface area contributed by atoms with Crippen molar-refractivity contribution in [2.75, 3.05) is 11.9 Å². The SMILES string of the molecule is CC(C)=CC1C(C(=O)N(C)c2ccc(C)cc2)C1(C)C. The van der Waals surface area contributed by atoms with Crippen LogP contribution < -0.4 is 4.90 Å². The molecule has 1 aromatic rings. The molecule has 108 valence electrons. The third-order valence-corrected chi connectivity index (χ3v) is 4.44. The monoisotopic (exact) mass is 271 g/mol. The highest BCUT2D eigenvalue weighted by atomic mass is 16.2. The number of allylic oxidation sites excluding steroid dienone is 2. The molecule has 1 aliphatic rings. The van der Waals surface area contributed by atoms with Gasteiger partial charge in [0.25, 0.3) is 0 Å². The molecule has 2 heteroatoms. The van der Waals surface area contributed by atoms with Gasteiger partial charge in [0.05, 0.1) is 5.92 Å². The van der Waals surface area contributed by atoms with E-state index in [1.54, 1.807) is 4.90 Å². The van der Waals surface area contributed by atoms with E-state index >= 15 is 0 Å². The van der Waals surface area contributed by atoms with Crippen molar-refractivity contribution in [2.24, 2.45) is 17.3 Å². The maximum Gasteiger partial charge on any atom is 0.231 e. The molecule has 20 heavy (non-hydrogen) atoms. The van der Waals surface area contributed by atoms with Crippen LogP contribution in [0.1, 0.15) is 33.3 Å². The van der Waals surface area contributed by atoms with E-state index in [1.165, 1.54) is 11.1 Å². The predicted molar refractivity (Wildman–Crippen MR) is 84.8 cm³/mol. The van der Waals surface area contributed by atoms with Crippen molar-refractivity contribution in [3.63, 3.8) is 0 Å². The van der Waals surface area contributed by atoms with Crippen molar-refractivity contribution < 1.29 is 4.79 Å². The van der Waals surface area contributed by atoms with Gasteiger partial charge >= 0.3 is 0 Å². The van der Waals surface area contributed by atoms with Gasteiger partial charge in [0.2, 0.25) is 5.91 Å². The largest absolute Gasteiger partial charge is 0.315 e. The van der Waals surface area contributed by atoms with E-state index in [4.69, 9.17) is 0 Å². The van der Waals surface area contributed by atoms with Gasteiger partial charge in [-0.25, -0.2) is 0 Å². The summed E-state index contributed by atoms with van der Waals surface area (Å²) in [7, 11) is 1.88. The molecule has 1 saturated carbocycles. The molecule has 0 aliphatic heterocycles. The number of aryl methyl sites for hydroxylation is 1. The summed E-state index contributed by atoms with van der Waals surface area (Å²) in [6, 6.07) is 8.12. The van der Waals surface area contributed by atoms with Crippen LogP contribution in [-0.2, 0) is 4.79 Å². The Morgan fingerprint density at radius 1 is 1.20 bits per heavy atom. The quantitative estimate of drug-likeness (QED) is 0.755. The number of carbonyl (C=O) groups excluding carboxylic acids is 1. The smallest absolute Gasteiger partial charge is 0.231 e. The van der Waals surface area contributed by atoms with Gasteiger partial charge in [0, 0.05) is 12.7 Å². The minimum Gasteiger partial charge on any atom is -0.315 e. The van der Waals surface area contributed by atoms with Crippen LogP contribution in [-0.4, -0.2) is 13.0 Å². The average Bonchev–Trinajstić information content (AvgIpc) is 2.89. The van der Waals surface area contributed by atoms with Crippen molar-refractivity contribution in [3.8, 4) is 0 Å². The van der Waals surface area contributed by atoms with Crippen LogP contribution in [0.4, 0.5) is 5.69 Å². The number of rotatable bonds is 3. The number of amides is 1. The van der Waals surface area contributed by atoms with Crippen LogP contribution in [0.5, 0.6) is 0 Å². The van der Waals surface area contributed by atoms with Crippen molar-refractivity contribution >= 4 is 11.6 Å². The Kier molecular flexibility index (Phi) is 3.77. The van der Waals surface area contributed by atoms with Gasteiger partial charge in [-0.1, -0.05) is 43.2 Å². The average molecular weight is 271 g/mol. The Morgan fingerprint density at radius 2 is 1.75 bits per heavy atom. The van der Waals surface area contributed by atoms with E-state index in [9.17, 15) is 4.79 Å². The van der Waals surface area contributed by atoms with Gasteiger partial charge in [-0.2, -0.15) is 0 Å². The Balaban J connectivity index is 2.16. The van der Waals surface area contributed by atoms with Crippen molar-refractivity contribution in [1.29, 1.82) is 0 Å². The van der Waals surface area contributed by atoms with Crippen LogP contribution in [0.3, 0.4) is 0 Å². The second-order valence-electron chi connectivity index (χ2n) is 6.80. The van der Waals surface area contributed by atoms with Crippen molar-refractivity contribution in [3.05, 3.63) is 41.5 Å². The van der Waals surface area contributed by atoms with E-state index in [1.807, 2.05) is 31.3 Å². The lowest BCUT2D eigenvalue weighted by atomic mass is 10.1. The third-order valence-electron chi connectivity index (χ3n) is 4.44. The molecule has 0 spiro atoms. The number of benzene rings is 1. The number of anilines is 1. The minimum absolute atomic E-state index is 0.0767. The maximum atomic E-state index is 12.7. The molecule has 2 nitrogen and oxygen atoms in total. The number of hydrogen-bond donors (Lipinski definition) is 0. The third kappa shape index (κ3) is 2.65. The topological polar surface area (TPSA) is 20.3 Å². The first-order chi connectivity index (χ1) is 9.25. The summed E-state index contributed by atoms with van der Waals surface area (Å²) in [6.07, 6.45) is 2.24. The minimum atomic E-state index is 0.0767. The van der Waals surface area contributed by atoms with Gasteiger partial charge in [0.1, 0.15) is 0 Å². The molecule has 1 fully saturated rings. The van der Waals surface area contributed by atoms with Crippen LogP contribution in [0.25, 0.3) is 0 Å². The van der Waals surface area contributed by atoms with Crippen LogP contribution in [0.15, 0.2) is 35.9 Å². The summed E-state index contributed by atoms with van der Waals surface area (Å²) in [4.78, 5) is 14.5. The standard InChI is InChI=1S/C18H25NO/c1-12(2)11-15-16(18(15,4)5)17(20)19(6)14-9-7-13(3)8-10-14/h7-11,15-16H,1-6H3. The van der Waals surface area contributed by atoms with E-state index in [0.717, 1.165) is 5.69 Å². The van der Waals surface area contributed by atoms with E-state index in [-0.39, 0.29) is 17.2 Å². The fraction of sp³-hybridized carbons (Fsp3) is 0.500. The number of nitrogens with zero attached hydrogens (tertiary/aromatic N) is 1. The van der Waals surface area contributed by atoms with E-state index in [2.05, 4.69) is 40.7 Å². The molecular weight excluding hydrogens is 246 g/mol. The molecule has 0 radical (unpaired) electrons. The van der Waals surface area contributed by atoms with Gasteiger partial charge < -0.3 is 4.90 Å². The molecule has 2 unspecified atom stereocenters. The van der Waals surface area contributed by atoms with Crippen LogP contribution in [0.2, 0.25) is 0 Å². The Hall–Kier alpha value is -1.57. The lowest BCUT2D eigenvalue weighted by Crippen LogP contribution is -2.29. The number of hydrogen-bond acceptors (Lipinski definition) is 1. The molecule has 2 atom stereocenters. The molecule has 0 saturated heterocycles. The highest BCUT2D eigenvalue weighted by molar-refractivity contribution is 5.97. The Bertz CT molecular complexity index is 535. The Morgan fingerprint density at radius 3 is 2.25 bits per heavy atom. The lowest BCUT2D eigenvalue weighted by Gasteiger charge is -2.18. The summed E-state index contributed by atoms with van der Waals surface area (Å²) in [5.41, 5.74) is 3.55. The Labute approximate surface area is 122 Å². The van der Waals surface area contributed by atoms with E-state index in [0.29, 0.717) is 5.92 Å². The first-order valence-corrected chi connectivity index (χ1v) is 7.24. The highest BCUT2D eigenvalue weighted by Gasteiger charge is 2.61. The fourth-order valence-corrected chi connectivity index (χ4v) is 2.92.